The van der Waals surface area contributed by atoms with Crippen molar-refractivity contribution in [1.82, 2.24) is 20.1 Å². The highest BCUT2D eigenvalue weighted by atomic mass is 35.5. The first-order chi connectivity index (χ1) is 10.6. The SMILES string of the molecule is CC(NC(=O)c1ccc(Cl)s1)c1ccc(-n2cncn2)cc1. The lowest BCUT2D eigenvalue weighted by atomic mass is 10.1. The van der Waals surface area contributed by atoms with E-state index in [4.69, 9.17) is 11.6 Å². The largest absolute Gasteiger partial charge is 0.345 e. The molecule has 0 spiro atoms. The molecule has 2 aromatic heterocycles. The third kappa shape index (κ3) is 3.18. The van der Waals surface area contributed by atoms with Crippen LogP contribution in [0.25, 0.3) is 5.69 Å². The molecule has 7 heteroatoms. The molecular weight excluding hydrogens is 320 g/mol. The second kappa shape index (κ2) is 6.29. The molecule has 0 radical (unpaired) electrons. The molecule has 22 heavy (non-hydrogen) atoms. The average molecular weight is 333 g/mol. The van der Waals surface area contributed by atoms with Crippen LogP contribution in [0.1, 0.15) is 28.2 Å². The number of carbonyl (C=O) groups excluding carboxylic acids is 1. The normalized spacial score (nSPS) is 12.1. The zero-order valence-electron chi connectivity index (χ0n) is 11.7. The Morgan fingerprint density at radius 3 is 2.64 bits per heavy atom. The minimum Gasteiger partial charge on any atom is -0.345 e. The van der Waals surface area contributed by atoms with Crippen molar-refractivity contribution in [2.24, 2.45) is 0 Å². The van der Waals surface area contributed by atoms with Gasteiger partial charge >= 0.3 is 0 Å². The van der Waals surface area contributed by atoms with Crippen LogP contribution in [0.4, 0.5) is 0 Å². The molecule has 0 saturated heterocycles. The number of halogens is 1. The molecule has 0 bridgehead atoms. The molecule has 0 saturated carbocycles. The first kappa shape index (κ1) is 14.7. The van der Waals surface area contributed by atoms with E-state index in [0.717, 1.165) is 11.3 Å². The lowest BCUT2D eigenvalue weighted by Gasteiger charge is -2.14. The Balaban J connectivity index is 1.69. The van der Waals surface area contributed by atoms with Crippen molar-refractivity contribution in [3.05, 3.63) is 63.8 Å². The van der Waals surface area contributed by atoms with Crippen LogP contribution in [-0.2, 0) is 0 Å². The first-order valence-corrected chi connectivity index (χ1v) is 7.84. The average Bonchev–Trinajstić information content (AvgIpc) is 3.18. The standard InChI is InChI=1S/C15H13ClN4OS/c1-10(19-15(21)13-6-7-14(16)22-13)11-2-4-12(5-3-11)20-9-17-8-18-20/h2-10H,1H3,(H,19,21). The van der Waals surface area contributed by atoms with Gasteiger partial charge in [-0.2, -0.15) is 5.10 Å². The Bertz CT molecular complexity index is 767. The smallest absolute Gasteiger partial charge is 0.261 e. The van der Waals surface area contributed by atoms with Gasteiger partial charge in [0.1, 0.15) is 12.7 Å². The number of rotatable bonds is 4. The molecule has 1 aromatic carbocycles. The molecule has 112 valence electrons. The maximum atomic E-state index is 12.1. The first-order valence-electron chi connectivity index (χ1n) is 6.64. The molecule has 0 fully saturated rings. The van der Waals surface area contributed by atoms with E-state index >= 15 is 0 Å². The fourth-order valence-corrected chi connectivity index (χ4v) is 2.99. The molecule has 1 amide bonds. The van der Waals surface area contributed by atoms with E-state index < -0.39 is 0 Å². The fourth-order valence-electron chi connectivity index (χ4n) is 2.04. The van der Waals surface area contributed by atoms with Crippen molar-refractivity contribution in [3.8, 4) is 5.69 Å². The minimum absolute atomic E-state index is 0.0989. The quantitative estimate of drug-likeness (QED) is 0.795. The van der Waals surface area contributed by atoms with E-state index in [0.29, 0.717) is 9.21 Å². The van der Waals surface area contributed by atoms with Crippen LogP contribution in [-0.4, -0.2) is 20.7 Å². The Labute approximate surface area is 136 Å². The van der Waals surface area contributed by atoms with Gasteiger partial charge in [0.25, 0.3) is 5.91 Å². The summed E-state index contributed by atoms with van der Waals surface area (Å²) in [5, 5.41) is 7.03. The molecule has 0 aliphatic carbocycles. The molecule has 1 N–H and O–H groups in total. The van der Waals surface area contributed by atoms with E-state index in [9.17, 15) is 4.79 Å². The maximum absolute atomic E-state index is 12.1. The van der Waals surface area contributed by atoms with Gasteiger partial charge in [-0.05, 0) is 36.8 Å². The zero-order chi connectivity index (χ0) is 15.5. The summed E-state index contributed by atoms with van der Waals surface area (Å²) < 4.78 is 2.29. The summed E-state index contributed by atoms with van der Waals surface area (Å²) in [4.78, 5) is 16.6. The lowest BCUT2D eigenvalue weighted by Crippen LogP contribution is -2.25. The van der Waals surface area contributed by atoms with Gasteiger partial charge in [0.15, 0.2) is 0 Å². The Hall–Kier alpha value is -2.18. The number of hydrogen-bond donors (Lipinski definition) is 1. The van der Waals surface area contributed by atoms with Crippen molar-refractivity contribution < 1.29 is 4.79 Å². The van der Waals surface area contributed by atoms with Crippen LogP contribution in [0.5, 0.6) is 0 Å². The molecule has 0 aliphatic rings. The summed E-state index contributed by atoms with van der Waals surface area (Å²) >= 11 is 7.12. The van der Waals surface area contributed by atoms with E-state index in [1.807, 2.05) is 31.2 Å². The Morgan fingerprint density at radius 1 is 1.27 bits per heavy atom. The Morgan fingerprint density at radius 2 is 2.05 bits per heavy atom. The molecule has 3 rings (SSSR count). The monoisotopic (exact) mass is 332 g/mol. The summed E-state index contributed by atoms with van der Waals surface area (Å²) in [6.07, 6.45) is 3.13. The van der Waals surface area contributed by atoms with Crippen molar-refractivity contribution in [2.75, 3.05) is 0 Å². The third-order valence-electron chi connectivity index (χ3n) is 3.22. The highest BCUT2D eigenvalue weighted by molar-refractivity contribution is 7.17. The number of carbonyl (C=O) groups is 1. The molecule has 3 aromatic rings. The van der Waals surface area contributed by atoms with Crippen LogP contribution in [0.3, 0.4) is 0 Å². The molecule has 1 unspecified atom stereocenters. The van der Waals surface area contributed by atoms with Crippen molar-refractivity contribution in [3.63, 3.8) is 0 Å². The number of benzene rings is 1. The third-order valence-corrected chi connectivity index (χ3v) is 4.45. The van der Waals surface area contributed by atoms with E-state index in [2.05, 4.69) is 15.4 Å². The van der Waals surface area contributed by atoms with Gasteiger partial charge in [-0.15, -0.1) is 11.3 Å². The number of amides is 1. The zero-order valence-corrected chi connectivity index (χ0v) is 13.3. The highest BCUT2D eigenvalue weighted by Gasteiger charge is 2.13. The van der Waals surface area contributed by atoms with E-state index in [1.54, 1.807) is 23.1 Å². The van der Waals surface area contributed by atoms with Gasteiger partial charge in [-0.25, -0.2) is 9.67 Å². The van der Waals surface area contributed by atoms with Gasteiger partial charge in [0.2, 0.25) is 0 Å². The van der Waals surface area contributed by atoms with Gasteiger partial charge in [0, 0.05) is 0 Å². The number of aromatic nitrogens is 3. The number of thiophene rings is 1. The summed E-state index contributed by atoms with van der Waals surface area (Å²) in [5.74, 6) is -0.121. The number of hydrogen-bond acceptors (Lipinski definition) is 4. The molecule has 0 aliphatic heterocycles. The topological polar surface area (TPSA) is 59.8 Å². The number of nitrogens with one attached hydrogen (secondary N) is 1. The minimum atomic E-state index is -0.121. The van der Waals surface area contributed by atoms with Crippen LogP contribution in [0.2, 0.25) is 4.34 Å². The van der Waals surface area contributed by atoms with Gasteiger partial charge < -0.3 is 5.32 Å². The molecule has 2 heterocycles. The Kier molecular flexibility index (Phi) is 4.22. The summed E-state index contributed by atoms with van der Waals surface area (Å²) in [5.41, 5.74) is 1.93. The number of nitrogens with zero attached hydrogens (tertiary/aromatic N) is 3. The van der Waals surface area contributed by atoms with Gasteiger partial charge in [0.05, 0.1) is 20.9 Å². The molecule has 5 nitrogen and oxygen atoms in total. The fraction of sp³-hybridized carbons (Fsp3) is 0.133. The summed E-state index contributed by atoms with van der Waals surface area (Å²) in [7, 11) is 0. The predicted octanol–water partition coefficient (Wildman–Crippen LogP) is 3.47. The van der Waals surface area contributed by atoms with Crippen molar-refractivity contribution in [1.29, 1.82) is 0 Å². The molecular formula is C15H13ClN4OS. The van der Waals surface area contributed by atoms with Crippen LogP contribution < -0.4 is 5.32 Å². The maximum Gasteiger partial charge on any atom is 0.261 e. The van der Waals surface area contributed by atoms with Crippen molar-refractivity contribution >= 4 is 28.8 Å². The second-order valence-corrected chi connectivity index (χ2v) is 6.45. The summed E-state index contributed by atoms with van der Waals surface area (Å²) in [6, 6.07) is 11.1. The highest BCUT2D eigenvalue weighted by Crippen LogP contribution is 2.22. The second-order valence-electron chi connectivity index (χ2n) is 4.73. The predicted molar refractivity (Wildman–Crippen MR) is 86.6 cm³/mol. The molecule has 1 atom stereocenters. The van der Waals surface area contributed by atoms with Crippen LogP contribution in [0.15, 0.2) is 49.1 Å². The van der Waals surface area contributed by atoms with Crippen LogP contribution >= 0.6 is 22.9 Å². The van der Waals surface area contributed by atoms with Gasteiger partial charge in [-0.3, -0.25) is 4.79 Å². The van der Waals surface area contributed by atoms with Crippen LogP contribution in [0, 0.1) is 0 Å². The lowest BCUT2D eigenvalue weighted by molar-refractivity contribution is 0.0944. The van der Waals surface area contributed by atoms with Crippen molar-refractivity contribution in [2.45, 2.75) is 13.0 Å². The van der Waals surface area contributed by atoms with Gasteiger partial charge in [-0.1, -0.05) is 23.7 Å². The summed E-state index contributed by atoms with van der Waals surface area (Å²) in [6.45, 7) is 1.94. The van der Waals surface area contributed by atoms with E-state index in [-0.39, 0.29) is 11.9 Å². The van der Waals surface area contributed by atoms with E-state index in [1.165, 1.54) is 17.7 Å².